The van der Waals surface area contributed by atoms with Crippen molar-refractivity contribution in [1.82, 2.24) is 15.5 Å². The lowest BCUT2D eigenvalue weighted by Crippen LogP contribution is -2.48. The molecule has 9 nitrogen and oxygen atoms in total. The third-order valence-corrected chi connectivity index (χ3v) is 7.92. The molecule has 1 aromatic carbocycles. The summed E-state index contributed by atoms with van der Waals surface area (Å²) in [4.78, 5) is 39.4. The highest BCUT2D eigenvalue weighted by Gasteiger charge is 2.31. The maximum absolute atomic E-state index is 12.8. The first-order valence-corrected chi connectivity index (χ1v) is 13.3. The maximum Gasteiger partial charge on any atom is 0.317 e. The fourth-order valence-corrected chi connectivity index (χ4v) is 5.58. The van der Waals surface area contributed by atoms with Gasteiger partial charge in [0.1, 0.15) is 5.84 Å². The number of esters is 1. The first-order chi connectivity index (χ1) is 17.4. The number of nitrogens with one attached hydrogen (secondary N) is 3. The van der Waals surface area contributed by atoms with Gasteiger partial charge in [-0.15, -0.1) is 0 Å². The monoisotopic (exact) mass is 497 g/mol. The van der Waals surface area contributed by atoms with Crippen molar-refractivity contribution in [3.05, 3.63) is 35.4 Å². The van der Waals surface area contributed by atoms with Crippen molar-refractivity contribution in [2.24, 2.45) is 11.7 Å². The number of amides is 2. The van der Waals surface area contributed by atoms with E-state index in [9.17, 15) is 14.4 Å². The predicted molar refractivity (Wildman–Crippen MR) is 137 cm³/mol. The van der Waals surface area contributed by atoms with Gasteiger partial charge in [-0.3, -0.25) is 15.0 Å². The normalized spacial score (nSPS) is 25.1. The lowest BCUT2D eigenvalue weighted by atomic mass is 9.86. The third-order valence-electron chi connectivity index (χ3n) is 7.92. The van der Waals surface area contributed by atoms with E-state index in [2.05, 4.69) is 10.6 Å². The van der Waals surface area contributed by atoms with E-state index in [1.807, 2.05) is 29.2 Å². The molecular formula is C27H39N5O4. The molecule has 1 atom stereocenters. The molecule has 9 heteroatoms. The SMILES string of the molecule is N=C(N)c1ccc(C2CCN(C(=O)NC3CCC(C(=O)OCC(=O)C4CCCCN4)CC3)CC2)cc1. The van der Waals surface area contributed by atoms with Gasteiger partial charge in [-0.05, 0) is 69.4 Å². The van der Waals surface area contributed by atoms with E-state index in [4.69, 9.17) is 15.9 Å². The zero-order valence-electron chi connectivity index (χ0n) is 21.0. The molecule has 0 aromatic heterocycles. The summed E-state index contributed by atoms with van der Waals surface area (Å²) in [7, 11) is 0. The molecule has 1 aliphatic carbocycles. The molecule has 4 rings (SSSR count). The van der Waals surface area contributed by atoms with Crippen LogP contribution < -0.4 is 16.4 Å². The molecule has 2 aliphatic heterocycles. The molecule has 2 amide bonds. The molecule has 0 bridgehead atoms. The Hall–Kier alpha value is -2.94. The summed E-state index contributed by atoms with van der Waals surface area (Å²) in [6.45, 7) is 2.10. The number of likely N-dealkylation sites (tertiary alicyclic amines) is 1. The number of hydrogen-bond donors (Lipinski definition) is 4. The van der Waals surface area contributed by atoms with Crippen molar-refractivity contribution in [2.75, 3.05) is 26.2 Å². The number of carbonyl (C=O) groups is 3. The van der Waals surface area contributed by atoms with Gasteiger partial charge >= 0.3 is 12.0 Å². The van der Waals surface area contributed by atoms with Gasteiger partial charge < -0.3 is 26.0 Å². The minimum atomic E-state index is -0.289. The first-order valence-electron chi connectivity index (χ1n) is 13.3. The molecule has 3 aliphatic rings. The molecule has 1 saturated carbocycles. The lowest BCUT2D eigenvalue weighted by molar-refractivity contribution is -0.153. The summed E-state index contributed by atoms with van der Waals surface area (Å²) in [5.74, 6) is -0.0582. The second kappa shape index (κ2) is 12.3. The van der Waals surface area contributed by atoms with Crippen LogP contribution in [-0.4, -0.2) is 66.8 Å². The quantitative estimate of drug-likeness (QED) is 0.260. The van der Waals surface area contributed by atoms with Gasteiger partial charge in [-0.25, -0.2) is 4.79 Å². The number of benzene rings is 1. The number of nitrogens with zero attached hydrogens (tertiary/aromatic N) is 1. The summed E-state index contributed by atoms with van der Waals surface area (Å²) in [6, 6.07) is 7.68. The molecule has 2 saturated heterocycles. The van der Waals surface area contributed by atoms with Crippen LogP contribution in [0.4, 0.5) is 4.79 Å². The summed E-state index contributed by atoms with van der Waals surface area (Å²) in [5.41, 5.74) is 7.49. The van der Waals surface area contributed by atoms with Crippen molar-refractivity contribution in [3.63, 3.8) is 0 Å². The maximum atomic E-state index is 12.8. The minimum absolute atomic E-state index is 0.0306. The highest BCUT2D eigenvalue weighted by atomic mass is 16.5. The standard InChI is InChI=1S/C27H39N5O4/c28-25(29)20-6-4-18(5-7-20)19-12-15-32(16-13-19)27(35)31-22-10-8-21(9-11-22)26(34)36-17-24(33)23-3-1-2-14-30-23/h4-7,19,21-23,30H,1-3,8-17H2,(H3,28,29)(H,31,35). The Morgan fingerprint density at radius 2 is 1.69 bits per heavy atom. The van der Waals surface area contributed by atoms with Gasteiger partial charge in [0.2, 0.25) is 0 Å². The predicted octanol–water partition coefficient (Wildman–Crippen LogP) is 2.67. The van der Waals surface area contributed by atoms with Crippen LogP contribution in [0.3, 0.4) is 0 Å². The second-order valence-electron chi connectivity index (χ2n) is 10.4. The zero-order chi connectivity index (χ0) is 25.5. The van der Waals surface area contributed by atoms with Crippen LogP contribution in [0, 0.1) is 11.3 Å². The Balaban J connectivity index is 1.14. The highest BCUT2D eigenvalue weighted by molar-refractivity contribution is 5.94. The van der Waals surface area contributed by atoms with Crippen LogP contribution in [-0.2, 0) is 14.3 Å². The fraction of sp³-hybridized carbons (Fsp3) is 0.630. The molecule has 3 fully saturated rings. The van der Waals surface area contributed by atoms with E-state index >= 15 is 0 Å². The largest absolute Gasteiger partial charge is 0.457 e. The molecule has 0 spiro atoms. The van der Waals surface area contributed by atoms with E-state index < -0.39 is 0 Å². The Morgan fingerprint density at radius 1 is 1.00 bits per heavy atom. The summed E-state index contributed by atoms with van der Waals surface area (Å²) < 4.78 is 5.33. The van der Waals surface area contributed by atoms with Gasteiger partial charge in [-0.1, -0.05) is 30.7 Å². The Labute approximate surface area is 213 Å². The second-order valence-corrected chi connectivity index (χ2v) is 10.4. The smallest absolute Gasteiger partial charge is 0.317 e. The number of hydrogen-bond acceptors (Lipinski definition) is 6. The number of ketones is 1. The molecule has 5 N–H and O–H groups in total. The van der Waals surface area contributed by atoms with Crippen molar-refractivity contribution < 1.29 is 19.1 Å². The number of ether oxygens (including phenoxy) is 1. The van der Waals surface area contributed by atoms with E-state index in [0.717, 1.165) is 57.1 Å². The highest BCUT2D eigenvalue weighted by Crippen LogP contribution is 2.29. The van der Waals surface area contributed by atoms with Crippen molar-refractivity contribution >= 4 is 23.6 Å². The summed E-state index contributed by atoms with van der Waals surface area (Å²) in [5, 5.41) is 13.9. The van der Waals surface area contributed by atoms with Crippen LogP contribution >= 0.6 is 0 Å². The van der Waals surface area contributed by atoms with Crippen LogP contribution in [0.5, 0.6) is 0 Å². The van der Waals surface area contributed by atoms with Crippen molar-refractivity contribution in [3.8, 4) is 0 Å². The van der Waals surface area contributed by atoms with E-state index in [1.54, 1.807) is 0 Å². The number of piperidine rings is 2. The van der Waals surface area contributed by atoms with Crippen molar-refractivity contribution in [1.29, 1.82) is 5.41 Å². The molecular weight excluding hydrogens is 458 g/mol. The van der Waals surface area contributed by atoms with Crippen LogP contribution in [0.2, 0.25) is 0 Å². The fourth-order valence-electron chi connectivity index (χ4n) is 5.58. The molecule has 2 heterocycles. The zero-order valence-corrected chi connectivity index (χ0v) is 21.0. The van der Waals surface area contributed by atoms with Crippen LogP contribution in [0.1, 0.15) is 74.8 Å². The third kappa shape index (κ3) is 6.84. The number of rotatable bonds is 7. The van der Waals surface area contributed by atoms with Gasteiger partial charge in [0.05, 0.1) is 12.0 Å². The van der Waals surface area contributed by atoms with Crippen LogP contribution in [0.15, 0.2) is 24.3 Å². The first kappa shape index (κ1) is 26.1. The lowest BCUT2D eigenvalue weighted by Gasteiger charge is -2.35. The van der Waals surface area contributed by atoms with Gasteiger partial charge in [0.15, 0.2) is 12.4 Å². The molecule has 1 unspecified atom stereocenters. The summed E-state index contributed by atoms with van der Waals surface area (Å²) in [6.07, 6.45) is 7.54. The summed E-state index contributed by atoms with van der Waals surface area (Å²) >= 11 is 0. The molecule has 1 aromatic rings. The average Bonchev–Trinajstić information content (AvgIpc) is 2.92. The van der Waals surface area contributed by atoms with Gasteiger partial charge in [0.25, 0.3) is 0 Å². The number of amidine groups is 1. The van der Waals surface area contributed by atoms with E-state index in [0.29, 0.717) is 31.8 Å². The number of nitrogens with two attached hydrogens (primary N) is 1. The van der Waals surface area contributed by atoms with E-state index in [1.165, 1.54) is 5.56 Å². The Bertz CT molecular complexity index is 928. The number of urea groups is 1. The van der Waals surface area contributed by atoms with Gasteiger partial charge in [0, 0.05) is 24.7 Å². The molecule has 0 radical (unpaired) electrons. The van der Waals surface area contributed by atoms with Crippen molar-refractivity contribution in [2.45, 2.75) is 75.8 Å². The van der Waals surface area contributed by atoms with Gasteiger partial charge in [-0.2, -0.15) is 0 Å². The minimum Gasteiger partial charge on any atom is -0.457 e. The molecule has 36 heavy (non-hydrogen) atoms. The Kier molecular flexibility index (Phi) is 8.96. The topological polar surface area (TPSA) is 138 Å². The van der Waals surface area contributed by atoms with Crippen LogP contribution in [0.25, 0.3) is 0 Å². The Morgan fingerprint density at radius 3 is 2.31 bits per heavy atom. The average molecular weight is 498 g/mol. The number of Topliss-reactive ketones (excluding diaryl/α,β-unsaturated/α-hetero) is 1. The molecule has 196 valence electrons. The number of carbonyl (C=O) groups excluding carboxylic acids is 3. The van der Waals surface area contributed by atoms with E-state index in [-0.39, 0.29) is 48.2 Å². The number of nitrogen functional groups attached to an aromatic ring is 1.